The van der Waals surface area contributed by atoms with Gasteiger partial charge in [-0.2, -0.15) is 15.0 Å². The van der Waals surface area contributed by atoms with Crippen molar-refractivity contribution >= 4 is 11.9 Å². The van der Waals surface area contributed by atoms with E-state index in [9.17, 15) is 0 Å². The minimum absolute atomic E-state index is 0.340. The number of nitrogens with one attached hydrogen (secondary N) is 1. The van der Waals surface area contributed by atoms with Crippen LogP contribution in [0.4, 0.5) is 11.9 Å². The third kappa shape index (κ3) is 4.89. The van der Waals surface area contributed by atoms with Crippen LogP contribution < -0.4 is 15.0 Å². The summed E-state index contributed by atoms with van der Waals surface area (Å²) >= 11 is 0. The molecule has 108 valence electrons. The molecule has 0 unspecified atom stereocenters. The maximum Gasteiger partial charge on any atom is 0.322 e. The fourth-order valence-electron chi connectivity index (χ4n) is 1.81. The van der Waals surface area contributed by atoms with E-state index < -0.39 is 0 Å². The Labute approximate surface area is 115 Å². The highest BCUT2D eigenvalue weighted by molar-refractivity contribution is 5.38. The standard InChI is InChI=1S/C13H25N5O/c1-9(2)7-18(8-10(3)4)12-15-11(14-5)16-13(17-12)19-6/h9-10H,7-8H2,1-6H3,(H,14,15,16,17). The van der Waals surface area contributed by atoms with E-state index in [1.54, 1.807) is 14.2 Å². The number of aromatic nitrogens is 3. The molecule has 0 amide bonds. The number of rotatable bonds is 7. The Balaban J connectivity index is 3.05. The first-order valence-corrected chi connectivity index (χ1v) is 6.69. The van der Waals surface area contributed by atoms with Gasteiger partial charge in [-0.05, 0) is 11.8 Å². The summed E-state index contributed by atoms with van der Waals surface area (Å²) in [6.07, 6.45) is 0. The van der Waals surface area contributed by atoms with Crippen LogP contribution in [0.1, 0.15) is 27.7 Å². The van der Waals surface area contributed by atoms with Crippen molar-refractivity contribution in [2.24, 2.45) is 11.8 Å². The summed E-state index contributed by atoms with van der Waals surface area (Å²) in [5, 5.41) is 2.93. The van der Waals surface area contributed by atoms with Gasteiger partial charge in [-0.25, -0.2) is 0 Å². The molecule has 1 N–H and O–H groups in total. The van der Waals surface area contributed by atoms with Gasteiger partial charge in [0.05, 0.1) is 7.11 Å². The van der Waals surface area contributed by atoms with E-state index in [4.69, 9.17) is 4.74 Å². The average molecular weight is 267 g/mol. The highest BCUT2D eigenvalue weighted by atomic mass is 16.5. The third-order valence-electron chi connectivity index (χ3n) is 2.46. The van der Waals surface area contributed by atoms with E-state index >= 15 is 0 Å². The zero-order chi connectivity index (χ0) is 14.4. The molecule has 19 heavy (non-hydrogen) atoms. The molecular formula is C13H25N5O. The van der Waals surface area contributed by atoms with Crippen molar-refractivity contribution in [3.63, 3.8) is 0 Å². The second-order valence-electron chi connectivity index (χ2n) is 5.39. The van der Waals surface area contributed by atoms with Crippen LogP contribution in [0.25, 0.3) is 0 Å². The van der Waals surface area contributed by atoms with Gasteiger partial charge in [0.15, 0.2) is 0 Å². The monoisotopic (exact) mass is 267 g/mol. The number of methoxy groups -OCH3 is 1. The van der Waals surface area contributed by atoms with Crippen molar-refractivity contribution in [1.29, 1.82) is 0 Å². The second-order valence-corrected chi connectivity index (χ2v) is 5.39. The summed E-state index contributed by atoms with van der Waals surface area (Å²) < 4.78 is 5.13. The Kier molecular flexibility index (Phi) is 5.79. The Morgan fingerprint density at radius 3 is 2.05 bits per heavy atom. The lowest BCUT2D eigenvalue weighted by Crippen LogP contribution is -2.33. The number of anilines is 2. The zero-order valence-electron chi connectivity index (χ0n) is 12.8. The first-order chi connectivity index (χ1) is 8.96. The van der Waals surface area contributed by atoms with Gasteiger partial charge in [-0.15, -0.1) is 0 Å². The Bertz CT molecular complexity index is 362. The van der Waals surface area contributed by atoms with Crippen molar-refractivity contribution in [3.8, 4) is 6.01 Å². The summed E-state index contributed by atoms with van der Waals surface area (Å²) in [5.41, 5.74) is 0. The van der Waals surface area contributed by atoms with Crippen LogP contribution >= 0.6 is 0 Å². The summed E-state index contributed by atoms with van der Waals surface area (Å²) in [6, 6.07) is 0.340. The minimum atomic E-state index is 0.340. The van der Waals surface area contributed by atoms with E-state index in [0.717, 1.165) is 13.1 Å². The molecule has 0 aliphatic rings. The fourth-order valence-corrected chi connectivity index (χ4v) is 1.81. The Morgan fingerprint density at radius 1 is 1.05 bits per heavy atom. The minimum Gasteiger partial charge on any atom is -0.467 e. The van der Waals surface area contributed by atoms with Crippen molar-refractivity contribution in [3.05, 3.63) is 0 Å². The van der Waals surface area contributed by atoms with Crippen LogP contribution in [-0.4, -0.2) is 42.2 Å². The van der Waals surface area contributed by atoms with Crippen molar-refractivity contribution in [2.75, 3.05) is 37.5 Å². The summed E-state index contributed by atoms with van der Waals surface area (Å²) in [6.45, 7) is 10.6. The van der Waals surface area contributed by atoms with Gasteiger partial charge in [0.2, 0.25) is 11.9 Å². The predicted molar refractivity (Wildman–Crippen MR) is 77.8 cm³/mol. The van der Waals surface area contributed by atoms with Crippen molar-refractivity contribution in [1.82, 2.24) is 15.0 Å². The molecule has 0 saturated carbocycles. The van der Waals surface area contributed by atoms with Crippen molar-refractivity contribution < 1.29 is 4.74 Å². The first-order valence-electron chi connectivity index (χ1n) is 6.69. The maximum absolute atomic E-state index is 5.13. The molecule has 0 aromatic carbocycles. The SMILES string of the molecule is CNc1nc(OC)nc(N(CC(C)C)CC(C)C)n1. The molecule has 1 aromatic heterocycles. The van der Waals surface area contributed by atoms with E-state index in [2.05, 4.69) is 52.9 Å². The lowest BCUT2D eigenvalue weighted by atomic mass is 10.1. The predicted octanol–water partition coefficient (Wildman–Crippen LogP) is 2.04. The third-order valence-corrected chi connectivity index (χ3v) is 2.46. The summed E-state index contributed by atoms with van der Waals surface area (Å²) in [5.74, 6) is 2.28. The smallest absolute Gasteiger partial charge is 0.322 e. The number of nitrogens with zero attached hydrogens (tertiary/aromatic N) is 4. The topological polar surface area (TPSA) is 63.2 Å². The molecule has 0 spiro atoms. The van der Waals surface area contributed by atoms with Crippen LogP contribution in [0.15, 0.2) is 0 Å². The summed E-state index contributed by atoms with van der Waals surface area (Å²) in [4.78, 5) is 15.1. The normalized spacial score (nSPS) is 10.9. The summed E-state index contributed by atoms with van der Waals surface area (Å²) in [7, 11) is 3.35. The Morgan fingerprint density at radius 2 is 1.63 bits per heavy atom. The molecule has 0 aliphatic heterocycles. The van der Waals surface area contributed by atoms with Crippen LogP contribution in [0.3, 0.4) is 0 Å². The molecule has 0 radical (unpaired) electrons. The molecule has 1 aromatic rings. The molecule has 1 heterocycles. The van der Waals surface area contributed by atoms with Crippen LogP contribution in [0.2, 0.25) is 0 Å². The lowest BCUT2D eigenvalue weighted by molar-refractivity contribution is 0.378. The van der Waals surface area contributed by atoms with Gasteiger partial charge in [0.1, 0.15) is 0 Å². The number of ether oxygens (including phenoxy) is 1. The first kappa shape index (κ1) is 15.5. The van der Waals surface area contributed by atoms with Gasteiger partial charge < -0.3 is 15.0 Å². The number of hydrogen-bond acceptors (Lipinski definition) is 6. The molecule has 0 atom stereocenters. The van der Waals surface area contributed by atoms with Gasteiger partial charge in [0.25, 0.3) is 0 Å². The molecule has 0 aliphatic carbocycles. The number of hydrogen-bond donors (Lipinski definition) is 1. The lowest BCUT2D eigenvalue weighted by Gasteiger charge is -2.26. The molecule has 6 heteroatoms. The molecule has 0 bridgehead atoms. The van der Waals surface area contributed by atoms with E-state index in [0.29, 0.717) is 29.7 Å². The van der Waals surface area contributed by atoms with Crippen LogP contribution in [0, 0.1) is 11.8 Å². The van der Waals surface area contributed by atoms with Crippen molar-refractivity contribution in [2.45, 2.75) is 27.7 Å². The van der Waals surface area contributed by atoms with Gasteiger partial charge >= 0.3 is 6.01 Å². The van der Waals surface area contributed by atoms with Gasteiger partial charge in [-0.3, -0.25) is 0 Å². The zero-order valence-corrected chi connectivity index (χ0v) is 12.8. The molecular weight excluding hydrogens is 242 g/mol. The highest BCUT2D eigenvalue weighted by Crippen LogP contribution is 2.17. The highest BCUT2D eigenvalue weighted by Gasteiger charge is 2.16. The quantitative estimate of drug-likeness (QED) is 0.815. The largest absolute Gasteiger partial charge is 0.467 e. The second kappa shape index (κ2) is 7.11. The van der Waals surface area contributed by atoms with E-state index in [1.165, 1.54) is 0 Å². The Hall–Kier alpha value is -1.59. The van der Waals surface area contributed by atoms with E-state index in [-0.39, 0.29) is 0 Å². The van der Waals surface area contributed by atoms with E-state index in [1.807, 2.05) is 0 Å². The maximum atomic E-state index is 5.13. The molecule has 6 nitrogen and oxygen atoms in total. The van der Waals surface area contributed by atoms with Crippen LogP contribution in [-0.2, 0) is 0 Å². The van der Waals surface area contributed by atoms with Gasteiger partial charge in [0, 0.05) is 20.1 Å². The van der Waals surface area contributed by atoms with Crippen LogP contribution in [0.5, 0.6) is 6.01 Å². The fraction of sp³-hybridized carbons (Fsp3) is 0.769. The molecule has 1 rings (SSSR count). The van der Waals surface area contributed by atoms with Gasteiger partial charge in [-0.1, -0.05) is 27.7 Å². The molecule has 0 saturated heterocycles. The molecule has 0 fully saturated rings. The average Bonchev–Trinajstić information content (AvgIpc) is 2.36.